The van der Waals surface area contributed by atoms with Gasteiger partial charge in [0.2, 0.25) is 0 Å². The third-order valence-corrected chi connectivity index (χ3v) is 7.77. The van der Waals surface area contributed by atoms with Crippen LogP contribution in [-0.4, -0.2) is 63.3 Å². The standard InChI is InChI=1S/C26H30N6O2S/c33-22-6-4-19(5-7-22)28-26-25-23(8-13-35-25)29-24(30-26)14-18-16-27-32(17-18)21-3-1-2-20(15-21)31-9-11-34-12-10-31/h1-3,8,13,15-17,19,22,33H,4-7,9-12,14H2,(H,28,29,30). The van der Waals surface area contributed by atoms with Gasteiger partial charge in [-0.15, -0.1) is 11.3 Å². The van der Waals surface area contributed by atoms with Crippen LogP contribution in [0, 0.1) is 0 Å². The first-order valence-corrected chi connectivity index (χ1v) is 13.2. The van der Waals surface area contributed by atoms with Gasteiger partial charge in [-0.3, -0.25) is 0 Å². The molecule has 0 atom stereocenters. The van der Waals surface area contributed by atoms with Gasteiger partial charge in [-0.05, 0) is 60.9 Å². The molecule has 2 fully saturated rings. The predicted octanol–water partition coefficient (Wildman–Crippen LogP) is 4.02. The molecule has 2 N–H and O–H groups in total. The average molecular weight is 491 g/mol. The van der Waals surface area contributed by atoms with E-state index in [1.54, 1.807) is 11.3 Å². The van der Waals surface area contributed by atoms with Crippen LogP contribution < -0.4 is 10.2 Å². The molecule has 9 heteroatoms. The minimum absolute atomic E-state index is 0.165. The Hall–Kier alpha value is -3.01. The summed E-state index contributed by atoms with van der Waals surface area (Å²) in [7, 11) is 0. The van der Waals surface area contributed by atoms with Crippen molar-refractivity contribution >= 4 is 33.1 Å². The van der Waals surface area contributed by atoms with Gasteiger partial charge >= 0.3 is 0 Å². The molecule has 1 saturated carbocycles. The second-order valence-corrected chi connectivity index (χ2v) is 10.3. The van der Waals surface area contributed by atoms with Crippen LogP contribution in [0.4, 0.5) is 11.5 Å². The normalized spacial score (nSPS) is 20.9. The van der Waals surface area contributed by atoms with Crippen LogP contribution in [-0.2, 0) is 11.2 Å². The number of morpholine rings is 1. The highest BCUT2D eigenvalue weighted by Gasteiger charge is 2.21. The van der Waals surface area contributed by atoms with Crippen molar-refractivity contribution < 1.29 is 9.84 Å². The van der Waals surface area contributed by atoms with E-state index in [0.29, 0.717) is 12.5 Å². The second kappa shape index (κ2) is 9.93. The first-order chi connectivity index (χ1) is 17.2. The number of aliphatic hydroxyl groups is 1. The Morgan fingerprint density at radius 3 is 2.74 bits per heavy atom. The van der Waals surface area contributed by atoms with E-state index in [1.165, 1.54) is 5.69 Å². The van der Waals surface area contributed by atoms with Crippen molar-refractivity contribution in [2.24, 2.45) is 0 Å². The molecule has 4 heterocycles. The molecule has 0 spiro atoms. The van der Waals surface area contributed by atoms with Crippen molar-refractivity contribution in [3.05, 3.63) is 59.5 Å². The Morgan fingerprint density at radius 1 is 1.06 bits per heavy atom. The second-order valence-electron chi connectivity index (χ2n) is 9.36. The Kier molecular flexibility index (Phi) is 6.37. The van der Waals surface area contributed by atoms with Gasteiger partial charge in [0.15, 0.2) is 0 Å². The highest BCUT2D eigenvalue weighted by molar-refractivity contribution is 7.17. The molecule has 3 aromatic heterocycles. The zero-order valence-corrected chi connectivity index (χ0v) is 20.5. The van der Waals surface area contributed by atoms with Gasteiger partial charge in [0.05, 0.1) is 41.4 Å². The van der Waals surface area contributed by atoms with Gasteiger partial charge < -0.3 is 20.1 Å². The number of hydrogen-bond acceptors (Lipinski definition) is 8. The first-order valence-electron chi connectivity index (χ1n) is 12.4. The molecule has 1 aliphatic carbocycles. The molecule has 4 aromatic rings. The van der Waals surface area contributed by atoms with Gasteiger partial charge in [0.1, 0.15) is 11.6 Å². The molecule has 2 aliphatic rings. The Morgan fingerprint density at radius 2 is 1.89 bits per heavy atom. The van der Waals surface area contributed by atoms with Crippen molar-refractivity contribution in [3.63, 3.8) is 0 Å². The molecule has 35 heavy (non-hydrogen) atoms. The number of nitrogens with zero attached hydrogens (tertiary/aromatic N) is 5. The zero-order valence-electron chi connectivity index (χ0n) is 19.6. The molecular formula is C26H30N6O2S. The van der Waals surface area contributed by atoms with Crippen LogP contribution in [0.15, 0.2) is 48.1 Å². The fourth-order valence-corrected chi connectivity index (χ4v) is 5.71. The number of ether oxygens (including phenoxy) is 1. The van der Waals surface area contributed by atoms with Crippen LogP contribution in [0.5, 0.6) is 0 Å². The van der Waals surface area contributed by atoms with Crippen LogP contribution >= 0.6 is 11.3 Å². The topological polar surface area (TPSA) is 88.3 Å². The van der Waals surface area contributed by atoms with Crippen LogP contribution in [0.3, 0.4) is 0 Å². The SMILES string of the molecule is OC1CCC(Nc2nc(Cc3cnn(-c4cccc(N5CCOCC5)c4)c3)nc3ccsc23)CC1. The van der Waals surface area contributed by atoms with E-state index in [-0.39, 0.29) is 6.10 Å². The van der Waals surface area contributed by atoms with Crippen molar-refractivity contribution in [3.8, 4) is 5.69 Å². The molecule has 8 nitrogen and oxygen atoms in total. The highest BCUT2D eigenvalue weighted by Crippen LogP contribution is 2.30. The fourth-order valence-electron chi connectivity index (χ4n) is 4.93. The monoisotopic (exact) mass is 490 g/mol. The van der Waals surface area contributed by atoms with E-state index in [0.717, 1.165) is 85.1 Å². The molecule has 1 aromatic carbocycles. The summed E-state index contributed by atoms with van der Waals surface area (Å²) in [5, 5.41) is 20.2. The van der Waals surface area contributed by atoms with Gasteiger partial charge in [0, 0.05) is 37.4 Å². The Bertz CT molecular complexity index is 1290. The summed E-state index contributed by atoms with van der Waals surface area (Å²) in [6.07, 6.45) is 8.03. The van der Waals surface area contributed by atoms with Crippen molar-refractivity contribution in [2.75, 3.05) is 36.5 Å². The van der Waals surface area contributed by atoms with E-state index in [4.69, 9.17) is 14.7 Å². The first kappa shape index (κ1) is 22.5. The van der Waals surface area contributed by atoms with Crippen molar-refractivity contribution in [1.82, 2.24) is 19.7 Å². The van der Waals surface area contributed by atoms with Crippen molar-refractivity contribution in [2.45, 2.75) is 44.2 Å². The van der Waals surface area contributed by atoms with Crippen LogP contribution in [0.2, 0.25) is 0 Å². The number of anilines is 2. The molecule has 182 valence electrons. The van der Waals surface area contributed by atoms with Crippen molar-refractivity contribution in [1.29, 1.82) is 0 Å². The maximum Gasteiger partial charge on any atom is 0.148 e. The largest absolute Gasteiger partial charge is 0.393 e. The predicted molar refractivity (Wildman–Crippen MR) is 139 cm³/mol. The van der Waals surface area contributed by atoms with E-state index >= 15 is 0 Å². The van der Waals surface area contributed by atoms with Crippen LogP contribution in [0.1, 0.15) is 37.1 Å². The minimum atomic E-state index is -0.165. The van der Waals surface area contributed by atoms with Gasteiger partial charge in [-0.25, -0.2) is 14.6 Å². The van der Waals surface area contributed by atoms with Gasteiger partial charge in [-0.1, -0.05) is 6.07 Å². The lowest BCUT2D eigenvalue weighted by Crippen LogP contribution is -2.36. The molecule has 0 bridgehead atoms. The highest BCUT2D eigenvalue weighted by atomic mass is 32.1. The Balaban J connectivity index is 1.21. The molecule has 6 rings (SSSR count). The number of hydrogen-bond donors (Lipinski definition) is 2. The smallest absolute Gasteiger partial charge is 0.148 e. The molecule has 0 amide bonds. The number of benzene rings is 1. The van der Waals surface area contributed by atoms with E-state index in [2.05, 4.69) is 57.2 Å². The average Bonchev–Trinajstić information content (AvgIpc) is 3.56. The maximum absolute atomic E-state index is 9.84. The summed E-state index contributed by atoms with van der Waals surface area (Å²) in [5.74, 6) is 1.70. The lowest BCUT2D eigenvalue weighted by Gasteiger charge is -2.29. The fraction of sp³-hybridized carbons (Fsp3) is 0.423. The summed E-state index contributed by atoms with van der Waals surface area (Å²) in [5.41, 5.74) is 4.28. The minimum Gasteiger partial charge on any atom is -0.393 e. The molecular weight excluding hydrogens is 460 g/mol. The summed E-state index contributed by atoms with van der Waals surface area (Å²) in [4.78, 5) is 12.1. The number of nitrogens with one attached hydrogen (secondary N) is 1. The quantitative estimate of drug-likeness (QED) is 0.422. The third kappa shape index (κ3) is 5.03. The number of rotatable bonds is 6. The zero-order chi connectivity index (χ0) is 23.6. The molecule has 1 aliphatic heterocycles. The maximum atomic E-state index is 9.84. The third-order valence-electron chi connectivity index (χ3n) is 6.86. The lowest BCUT2D eigenvalue weighted by molar-refractivity contribution is 0.122. The molecule has 0 radical (unpaired) electrons. The summed E-state index contributed by atoms with van der Waals surface area (Å²) >= 11 is 1.67. The molecule has 0 unspecified atom stereocenters. The summed E-state index contributed by atoms with van der Waals surface area (Å²) in [6, 6.07) is 10.9. The van der Waals surface area contributed by atoms with Crippen LogP contribution in [0.25, 0.3) is 15.9 Å². The Labute approximate surface area is 208 Å². The number of aromatic nitrogens is 4. The summed E-state index contributed by atoms with van der Waals surface area (Å²) in [6.45, 7) is 3.36. The van der Waals surface area contributed by atoms with E-state index in [1.807, 2.05) is 10.9 Å². The van der Waals surface area contributed by atoms with Gasteiger partial charge in [0.25, 0.3) is 0 Å². The van der Waals surface area contributed by atoms with Gasteiger partial charge in [-0.2, -0.15) is 5.10 Å². The number of aliphatic hydroxyl groups excluding tert-OH is 1. The van der Waals surface area contributed by atoms with E-state index in [9.17, 15) is 5.11 Å². The van der Waals surface area contributed by atoms with E-state index < -0.39 is 0 Å². The molecule has 1 saturated heterocycles. The summed E-state index contributed by atoms with van der Waals surface area (Å²) < 4.78 is 8.51. The lowest BCUT2D eigenvalue weighted by atomic mass is 9.93. The number of thiophene rings is 1. The number of fused-ring (bicyclic) bond motifs is 1.